The molecule has 3 nitrogen and oxygen atoms in total. The molecule has 0 aliphatic carbocycles. The number of aldehydes is 1. The number of rotatable bonds is 5. The predicted octanol–water partition coefficient (Wildman–Crippen LogP) is 2.76. The number of benzene rings is 1. The lowest BCUT2D eigenvalue weighted by atomic mass is 10.0. The molecule has 0 bridgehead atoms. The molecule has 0 aliphatic rings. The lowest BCUT2D eigenvalue weighted by molar-refractivity contribution is -0.108. The van der Waals surface area contributed by atoms with Crippen molar-refractivity contribution in [3.05, 3.63) is 54.1 Å². The van der Waals surface area contributed by atoms with Gasteiger partial charge in [-0.05, 0) is 18.9 Å². The van der Waals surface area contributed by atoms with Gasteiger partial charge in [0.05, 0.1) is 6.04 Å². The van der Waals surface area contributed by atoms with E-state index in [2.05, 4.69) is 21.7 Å². The summed E-state index contributed by atoms with van der Waals surface area (Å²) in [6.07, 6.45) is 6.12. The van der Waals surface area contributed by atoms with Crippen LogP contribution in [0.5, 0.6) is 0 Å². The zero-order valence-corrected chi connectivity index (χ0v) is 9.91. The Morgan fingerprint density at radius 1 is 1.35 bits per heavy atom. The van der Waals surface area contributed by atoms with Crippen molar-refractivity contribution in [2.75, 3.05) is 0 Å². The lowest BCUT2D eigenvalue weighted by Crippen LogP contribution is -2.11. The maximum atomic E-state index is 10.6. The van der Waals surface area contributed by atoms with E-state index < -0.39 is 0 Å². The first-order chi connectivity index (χ1) is 8.33. The Bertz CT molecular complexity index is 476. The van der Waals surface area contributed by atoms with Gasteiger partial charge in [-0.15, -0.1) is 0 Å². The minimum atomic E-state index is 0.198. The molecule has 0 N–H and O–H groups in total. The lowest BCUT2D eigenvalue weighted by Gasteiger charge is -2.19. The fraction of sp³-hybridized carbons (Fsp3) is 0.286. The molecule has 2 rings (SSSR count). The molecule has 0 amide bonds. The third kappa shape index (κ3) is 2.61. The average molecular weight is 228 g/mol. The Balaban J connectivity index is 2.32. The van der Waals surface area contributed by atoms with Gasteiger partial charge in [-0.25, -0.2) is 4.98 Å². The van der Waals surface area contributed by atoms with Crippen molar-refractivity contribution in [2.24, 2.45) is 0 Å². The minimum Gasteiger partial charge on any atom is -0.328 e. The van der Waals surface area contributed by atoms with Gasteiger partial charge in [0.1, 0.15) is 12.1 Å². The predicted molar refractivity (Wildman–Crippen MR) is 66.8 cm³/mol. The zero-order valence-electron chi connectivity index (χ0n) is 9.91. The maximum absolute atomic E-state index is 10.6. The van der Waals surface area contributed by atoms with E-state index >= 15 is 0 Å². The van der Waals surface area contributed by atoms with Gasteiger partial charge < -0.3 is 9.36 Å². The van der Waals surface area contributed by atoms with Crippen LogP contribution in [0.3, 0.4) is 0 Å². The molecule has 0 saturated carbocycles. The van der Waals surface area contributed by atoms with Crippen molar-refractivity contribution in [1.82, 2.24) is 9.55 Å². The summed E-state index contributed by atoms with van der Waals surface area (Å²) < 4.78 is 2.12. The van der Waals surface area contributed by atoms with Crippen LogP contribution in [0.15, 0.2) is 42.7 Å². The van der Waals surface area contributed by atoms with Crippen LogP contribution < -0.4 is 0 Å². The molecular weight excluding hydrogens is 212 g/mol. The van der Waals surface area contributed by atoms with Gasteiger partial charge in [0.25, 0.3) is 0 Å². The molecule has 0 spiro atoms. The minimum absolute atomic E-state index is 0.198. The highest BCUT2D eigenvalue weighted by Gasteiger charge is 2.14. The van der Waals surface area contributed by atoms with Crippen LogP contribution in [0.1, 0.15) is 30.3 Å². The standard InChI is InChI=1S/C14H16N2O/c1-12-15-9-10-16(12)14(8-5-11-17)13-6-3-2-4-7-13/h2-4,6-7,9-11,14H,5,8H2,1H3. The summed E-state index contributed by atoms with van der Waals surface area (Å²) in [5, 5.41) is 0. The van der Waals surface area contributed by atoms with Crippen molar-refractivity contribution in [1.29, 1.82) is 0 Å². The maximum Gasteiger partial charge on any atom is 0.120 e. The Hall–Kier alpha value is -1.90. The van der Waals surface area contributed by atoms with Crippen LogP contribution in [0.4, 0.5) is 0 Å². The van der Waals surface area contributed by atoms with Crippen LogP contribution in [0.2, 0.25) is 0 Å². The molecular formula is C14H16N2O. The Kier molecular flexibility index (Phi) is 3.70. The number of carbonyl (C=O) groups excluding carboxylic acids is 1. The van der Waals surface area contributed by atoms with Crippen molar-refractivity contribution >= 4 is 6.29 Å². The van der Waals surface area contributed by atoms with E-state index in [1.807, 2.05) is 31.3 Å². The highest BCUT2D eigenvalue weighted by atomic mass is 16.1. The van der Waals surface area contributed by atoms with E-state index in [9.17, 15) is 4.79 Å². The number of imidazole rings is 1. The second-order valence-corrected chi connectivity index (χ2v) is 4.05. The fourth-order valence-electron chi connectivity index (χ4n) is 2.08. The van der Waals surface area contributed by atoms with Gasteiger partial charge in [-0.1, -0.05) is 30.3 Å². The summed E-state index contributed by atoms with van der Waals surface area (Å²) in [6.45, 7) is 1.98. The van der Waals surface area contributed by atoms with Gasteiger partial charge in [-0.2, -0.15) is 0 Å². The first-order valence-electron chi connectivity index (χ1n) is 5.81. The molecule has 1 aromatic heterocycles. The number of hydrogen-bond acceptors (Lipinski definition) is 2. The van der Waals surface area contributed by atoms with E-state index in [0.717, 1.165) is 18.5 Å². The molecule has 17 heavy (non-hydrogen) atoms. The van der Waals surface area contributed by atoms with Crippen molar-refractivity contribution in [2.45, 2.75) is 25.8 Å². The summed E-state index contributed by atoms with van der Waals surface area (Å²) in [6, 6.07) is 10.4. The van der Waals surface area contributed by atoms with Crippen LogP contribution >= 0.6 is 0 Å². The SMILES string of the molecule is Cc1nccn1C(CCC=O)c1ccccc1. The molecule has 0 fully saturated rings. The first kappa shape index (κ1) is 11.6. The highest BCUT2D eigenvalue weighted by Crippen LogP contribution is 2.24. The number of aromatic nitrogens is 2. The molecule has 3 heteroatoms. The molecule has 1 unspecified atom stereocenters. The van der Waals surface area contributed by atoms with Crippen molar-refractivity contribution in [3.63, 3.8) is 0 Å². The molecule has 0 radical (unpaired) electrons. The zero-order chi connectivity index (χ0) is 12.1. The van der Waals surface area contributed by atoms with Crippen LogP contribution in [0.25, 0.3) is 0 Å². The largest absolute Gasteiger partial charge is 0.328 e. The topological polar surface area (TPSA) is 34.9 Å². The molecule has 0 aliphatic heterocycles. The fourth-order valence-corrected chi connectivity index (χ4v) is 2.08. The third-order valence-electron chi connectivity index (χ3n) is 2.94. The second kappa shape index (κ2) is 5.43. The first-order valence-corrected chi connectivity index (χ1v) is 5.81. The summed E-state index contributed by atoms with van der Waals surface area (Å²) in [5.74, 6) is 0.977. The Morgan fingerprint density at radius 3 is 2.71 bits per heavy atom. The van der Waals surface area contributed by atoms with Crippen LogP contribution in [0, 0.1) is 6.92 Å². The summed E-state index contributed by atoms with van der Waals surface area (Å²) in [5.41, 5.74) is 1.22. The Labute approximate surface area is 101 Å². The molecule has 2 aromatic rings. The molecule has 0 saturated heterocycles. The average Bonchev–Trinajstić information content (AvgIpc) is 2.78. The van der Waals surface area contributed by atoms with E-state index in [1.54, 1.807) is 6.20 Å². The van der Waals surface area contributed by atoms with Gasteiger partial charge in [0.15, 0.2) is 0 Å². The quantitative estimate of drug-likeness (QED) is 0.737. The van der Waals surface area contributed by atoms with Crippen LogP contribution in [-0.4, -0.2) is 15.8 Å². The van der Waals surface area contributed by atoms with Gasteiger partial charge in [0.2, 0.25) is 0 Å². The number of carbonyl (C=O) groups is 1. The summed E-state index contributed by atoms with van der Waals surface area (Å²) in [7, 11) is 0. The number of aryl methyl sites for hydroxylation is 1. The smallest absolute Gasteiger partial charge is 0.120 e. The normalized spacial score (nSPS) is 12.3. The van der Waals surface area contributed by atoms with Crippen molar-refractivity contribution in [3.8, 4) is 0 Å². The Morgan fingerprint density at radius 2 is 2.12 bits per heavy atom. The monoisotopic (exact) mass is 228 g/mol. The summed E-state index contributed by atoms with van der Waals surface area (Å²) in [4.78, 5) is 14.8. The van der Waals surface area contributed by atoms with Crippen molar-refractivity contribution < 1.29 is 4.79 Å². The number of nitrogens with zero attached hydrogens (tertiary/aromatic N) is 2. The van der Waals surface area contributed by atoms with E-state index in [0.29, 0.717) is 6.42 Å². The molecule has 1 heterocycles. The molecule has 1 atom stereocenters. The second-order valence-electron chi connectivity index (χ2n) is 4.05. The van der Waals surface area contributed by atoms with E-state index in [-0.39, 0.29) is 6.04 Å². The van der Waals surface area contributed by atoms with Gasteiger partial charge >= 0.3 is 0 Å². The van der Waals surface area contributed by atoms with Crippen LogP contribution in [-0.2, 0) is 4.79 Å². The molecule has 1 aromatic carbocycles. The van der Waals surface area contributed by atoms with Gasteiger partial charge in [-0.3, -0.25) is 0 Å². The highest BCUT2D eigenvalue weighted by molar-refractivity contribution is 5.49. The van der Waals surface area contributed by atoms with E-state index in [1.165, 1.54) is 5.56 Å². The van der Waals surface area contributed by atoms with E-state index in [4.69, 9.17) is 0 Å². The molecule has 88 valence electrons. The van der Waals surface area contributed by atoms with Gasteiger partial charge in [0, 0.05) is 18.8 Å². The summed E-state index contributed by atoms with van der Waals surface area (Å²) >= 11 is 0. The number of hydrogen-bond donors (Lipinski definition) is 0. The third-order valence-corrected chi connectivity index (χ3v) is 2.94.